The summed E-state index contributed by atoms with van der Waals surface area (Å²) < 4.78 is 57.4. The van der Waals surface area contributed by atoms with Crippen LogP contribution in [0.25, 0.3) is 0 Å². The van der Waals surface area contributed by atoms with Crippen molar-refractivity contribution in [3.8, 4) is 0 Å². The molecule has 0 unspecified atom stereocenters. The Hall–Kier alpha value is -1.84. The van der Waals surface area contributed by atoms with Gasteiger partial charge in [-0.3, -0.25) is 4.79 Å². The van der Waals surface area contributed by atoms with Gasteiger partial charge in [-0.1, -0.05) is 15.9 Å². The topological polar surface area (TPSA) is 81.4 Å². The zero-order chi connectivity index (χ0) is 18.7. The first kappa shape index (κ1) is 20.2. The number of nitrogen functional groups attached to an aromatic ring is 1. The number of rotatable bonds is 6. The van der Waals surface area contributed by atoms with Crippen molar-refractivity contribution >= 4 is 33.5 Å². The van der Waals surface area contributed by atoms with E-state index in [2.05, 4.69) is 26.0 Å². The molecule has 0 atom stereocenters. The maximum atomic E-state index is 13.5. The molecule has 0 fully saturated rings. The van der Waals surface area contributed by atoms with Crippen LogP contribution in [0.15, 0.2) is 0 Å². The third-order valence-corrected chi connectivity index (χ3v) is 3.24. The predicted molar refractivity (Wildman–Crippen MR) is 81.6 cm³/mol. The van der Waals surface area contributed by atoms with Gasteiger partial charge in [-0.2, -0.15) is 0 Å². The van der Waals surface area contributed by atoms with Crippen molar-refractivity contribution < 1.29 is 31.9 Å². The molecule has 3 N–H and O–H groups in total. The highest BCUT2D eigenvalue weighted by Crippen LogP contribution is 2.26. The molecular formula is C14H15BrF4N2O3. The number of nitrogens with one attached hydrogen (secondary N) is 1. The van der Waals surface area contributed by atoms with Crippen molar-refractivity contribution in [3.05, 3.63) is 28.8 Å². The summed E-state index contributed by atoms with van der Waals surface area (Å²) in [7, 11) is 0. The summed E-state index contributed by atoms with van der Waals surface area (Å²) in [4.78, 5) is 23.1. The lowest BCUT2D eigenvalue weighted by Gasteiger charge is -2.15. The fraction of sp³-hybridized carbons (Fsp3) is 0.429. The van der Waals surface area contributed by atoms with Gasteiger partial charge in [0.25, 0.3) is 0 Å². The van der Waals surface area contributed by atoms with Gasteiger partial charge in [0.2, 0.25) is 5.91 Å². The maximum Gasteiger partial charge on any atom is 0.344 e. The number of ether oxygens (including phenoxy) is 1. The van der Waals surface area contributed by atoms with Gasteiger partial charge in [-0.05, 0) is 20.3 Å². The molecule has 10 heteroatoms. The van der Waals surface area contributed by atoms with Crippen molar-refractivity contribution in [1.82, 2.24) is 5.32 Å². The van der Waals surface area contributed by atoms with Gasteiger partial charge in [0.15, 0.2) is 23.3 Å². The Balaban J connectivity index is 2.63. The van der Waals surface area contributed by atoms with Crippen LogP contribution in [0.3, 0.4) is 0 Å². The average Bonchev–Trinajstić information content (AvgIpc) is 2.49. The van der Waals surface area contributed by atoms with E-state index in [1.54, 1.807) is 13.8 Å². The normalized spacial score (nSPS) is 11.3. The van der Waals surface area contributed by atoms with Crippen LogP contribution < -0.4 is 11.1 Å². The molecule has 0 aliphatic rings. The molecule has 0 spiro atoms. The van der Waals surface area contributed by atoms with E-state index in [9.17, 15) is 27.2 Å². The molecule has 0 aliphatic heterocycles. The Bertz CT molecular complexity index is 633. The number of benzene rings is 1. The summed E-state index contributed by atoms with van der Waals surface area (Å²) in [6.45, 7) is 3.04. The van der Waals surface area contributed by atoms with Crippen LogP contribution in [-0.4, -0.2) is 29.4 Å². The van der Waals surface area contributed by atoms with Gasteiger partial charge in [-0.25, -0.2) is 22.4 Å². The van der Waals surface area contributed by atoms with Crippen molar-refractivity contribution in [1.29, 1.82) is 0 Å². The van der Waals surface area contributed by atoms with Crippen LogP contribution in [-0.2, 0) is 9.53 Å². The fourth-order valence-electron chi connectivity index (χ4n) is 1.55. The highest BCUT2D eigenvalue weighted by molar-refractivity contribution is 9.10. The van der Waals surface area contributed by atoms with Crippen LogP contribution in [0, 0.1) is 23.3 Å². The Morgan fingerprint density at radius 1 is 1.12 bits per heavy atom. The fourth-order valence-corrected chi connectivity index (χ4v) is 1.69. The molecule has 1 aromatic carbocycles. The predicted octanol–water partition coefficient (Wildman–Crippen LogP) is 2.66. The van der Waals surface area contributed by atoms with Gasteiger partial charge in [0.1, 0.15) is 11.3 Å². The van der Waals surface area contributed by atoms with Gasteiger partial charge in [0, 0.05) is 6.54 Å². The Labute approximate surface area is 143 Å². The minimum atomic E-state index is -1.93. The number of hydrogen-bond acceptors (Lipinski definition) is 4. The lowest BCUT2D eigenvalue weighted by molar-refractivity contribution is -0.122. The van der Waals surface area contributed by atoms with E-state index in [1.165, 1.54) is 0 Å². The maximum absolute atomic E-state index is 13.5. The number of esters is 1. The number of amides is 1. The van der Waals surface area contributed by atoms with E-state index >= 15 is 0 Å². The summed E-state index contributed by atoms with van der Waals surface area (Å²) in [5, 5.41) is 2.52. The van der Waals surface area contributed by atoms with Crippen molar-refractivity contribution in [2.24, 2.45) is 0 Å². The number of carbonyl (C=O) groups excluding carboxylic acids is 2. The minimum absolute atomic E-state index is 0.122. The van der Waals surface area contributed by atoms with Crippen LogP contribution >= 0.6 is 15.9 Å². The van der Waals surface area contributed by atoms with E-state index in [0.717, 1.165) is 0 Å². The summed E-state index contributed by atoms with van der Waals surface area (Å²) >= 11 is 3.14. The van der Waals surface area contributed by atoms with E-state index in [0.29, 0.717) is 0 Å². The molecule has 0 bridgehead atoms. The van der Waals surface area contributed by atoms with E-state index in [1.807, 2.05) is 0 Å². The van der Waals surface area contributed by atoms with Crippen molar-refractivity contribution in [2.45, 2.75) is 24.6 Å². The first-order valence-corrected chi connectivity index (χ1v) is 7.53. The van der Waals surface area contributed by atoms with Crippen LogP contribution in [0.1, 0.15) is 30.6 Å². The third-order valence-electron chi connectivity index (χ3n) is 2.88. The SMILES string of the molecule is CC(C)(Br)C(=O)NCCCOC(=O)c1c(F)c(F)c(N)c(F)c1F. The molecule has 24 heavy (non-hydrogen) atoms. The lowest BCUT2D eigenvalue weighted by Crippen LogP contribution is -2.38. The standard InChI is InChI=1S/C14H15BrF4N2O3/c1-14(2,15)13(23)21-4-3-5-24-12(22)6-7(16)9(18)11(20)10(19)8(6)17/h3-5,20H2,1-2H3,(H,21,23). The second kappa shape index (κ2) is 7.82. The van der Waals surface area contributed by atoms with E-state index in [4.69, 9.17) is 5.73 Å². The van der Waals surface area contributed by atoms with E-state index < -0.39 is 44.8 Å². The molecular weight excluding hydrogens is 400 g/mol. The molecule has 1 aromatic rings. The van der Waals surface area contributed by atoms with E-state index in [-0.39, 0.29) is 25.5 Å². The highest BCUT2D eigenvalue weighted by Gasteiger charge is 2.29. The zero-order valence-electron chi connectivity index (χ0n) is 12.8. The van der Waals surface area contributed by atoms with Crippen molar-refractivity contribution in [2.75, 3.05) is 18.9 Å². The smallest absolute Gasteiger partial charge is 0.344 e. The second-order valence-electron chi connectivity index (χ2n) is 5.26. The number of anilines is 1. The van der Waals surface area contributed by atoms with Crippen LogP contribution in [0.5, 0.6) is 0 Å². The largest absolute Gasteiger partial charge is 0.462 e. The molecule has 0 saturated heterocycles. The first-order chi connectivity index (χ1) is 11.0. The van der Waals surface area contributed by atoms with Crippen molar-refractivity contribution in [3.63, 3.8) is 0 Å². The number of alkyl halides is 1. The average molecular weight is 415 g/mol. The minimum Gasteiger partial charge on any atom is -0.462 e. The Kier molecular flexibility index (Phi) is 6.58. The Morgan fingerprint density at radius 3 is 2.08 bits per heavy atom. The van der Waals surface area contributed by atoms with Crippen LogP contribution in [0.2, 0.25) is 0 Å². The number of nitrogens with two attached hydrogens (primary N) is 1. The molecule has 1 amide bonds. The third kappa shape index (κ3) is 4.59. The number of halogens is 5. The molecule has 0 aliphatic carbocycles. The zero-order valence-corrected chi connectivity index (χ0v) is 14.4. The molecule has 1 rings (SSSR count). The summed E-state index contributed by atoms with van der Waals surface area (Å²) in [6.07, 6.45) is 0.129. The first-order valence-electron chi connectivity index (χ1n) is 6.74. The molecule has 0 radical (unpaired) electrons. The molecule has 0 heterocycles. The van der Waals surface area contributed by atoms with Crippen LogP contribution in [0.4, 0.5) is 23.2 Å². The molecule has 0 saturated carbocycles. The van der Waals surface area contributed by atoms with Gasteiger partial charge >= 0.3 is 5.97 Å². The second-order valence-corrected chi connectivity index (χ2v) is 7.24. The highest BCUT2D eigenvalue weighted by atomic mass is 79.9. The van der Waals surface area contributed by atoms with Gasteiger partial charge < -0.3 is 15.8 Å². The molecule has 0 aromatic heterocycles. The van der Waals surface area contributed by atoms with Gasteiger partial charge in [-0.15, -0.1) is 0 Å². The molecule has 134 valence electrons. The summed E-state index contributed by atoms with van der Waals surface area (Å²) in [5.41, 5.74) is 1.97. The number of carbonyl (C=O) groups is 2. The lowest BCUT2D eigenvalue weighted by atomic mass is 10.1. The quantitative estimate of drug-likeness (QED) is 0.187. The monoisotopic (exact) mass is 414 g/mol. The summed E-state index contributed by atoms with van der Waals surface area (Å²) in [6, 6.07) is 0. The Morgan fingerprint density at radius 2 is 1.62 bits per heavy atom. The van der Waals surface area contributed by atoms with Gasteiger partial charge in [0.05, 0.1) is 10.9 Å². The summed E-state index contributed by atoms with van der Waals surface area (Å²) in [5.74, 6) is -9.47. The molecule has 5 nitrogen and oxygen atoms in total. The number of hydrogen-bond donors (Lipinski definition) is 2.